The Morgan fingerprint density at radius 1 is 1.20 bits per heavy atom. The van der Waals surface area contributed by atoms with E-state index in [-0.39, 0.29) is 11.7 Å². The molecule has 0 heterocycles. The number of aromatic hydroxyl groups is 1. The average Bonchev–Trinajstić information content (AvgIpc) is 2.44. The van der Waals surface area contributed by atoms with Crippen LogP contribution < -0.4 is 5.32 Å². The minimum absolute atomic E-state index is 0.190. The number of nitrogens with one attached hydrogen (secondary N) is 1. The topological polar surface area (TPSA) is 49.3 Å². The average molecular weight is 290 g/mol. The third-order valence-corrected chi connectivity index (χ3v) is 3.44. The fraction of sp³-hybridized carbons (Fsp3) is 0.188. The van der Waals surface area contributed by atoms with Crippen molar-refractivity contribution in [1.82, 2.24) is 0 Å². The van der Waals surface area contributed by atoms with Gasteiger partial charge in [-0.1, -0.05) is 12.1 Å². The van der Waals surface area contributed by atoms with Gasteiger partial charge < -0.3 is 10.4 Å². The number of phenolic OH excluding ortho intramolecular Hbond substituents is 1. The van der Waals surface area contributed by atoms with Gasteiger partial charge in [0.2, 0.25) is 0 Å². The first-order chi connectivity index (χ1) is 9.51. The standard InChI is InChI=1S/C16H16ClNO2/c1-10-7-15(19)11(2)6-14(10)18-16(20)13-5-3-4-12(8-13)9-17/h3-8,19H,9H2,1-2H3,(H,18,20). The summed E-state index contributed by atoms with van der Waals surface area (Å²) in [6.45, 7) is 3.63. The molecule has 0 saturated heterocycles. The number of halogens is 1. The lowest BCUT2D eigenvalue weighted by molar-refractivity contribution is 0.102. The Labute approximate surface area is 123 Å². The second-order valence-electron chi connectivity index (χ2n) is 4.74. The monoisotopic (exact) mass is 289 g/mol. The molecule has 0 aliphatic heterocycles. The maximum absolute atomic E-state index is 12.2. The number of aryl methyl sites for hydroxylation is 2. The lowest BCUT2D eigenvalue weighted by Crippen LogP contribution is -2.13. The first-order valence-electron chi connectivity index (χ1n) is 6.27. The maximum atomic E-state index is 12.2. The van der Waals surface area contributed by atoms with Crippen molar-refractivity contribution in [2.45, 2.75) is 19.7 Å². The summed E-state index contributed by atoms with van der Waals surface area (Å²) in [5.74, 6) is 0.410. The smallest absolute Gasteiger partial charge is 0.255 e. The Kier molecular flexibility index (Phi) is 4.30. The van der Waals surface area contributed by atoms with Crippen LogP contribution >= 0.6 is 11.6 Å². The highest BCUT2D eigenvalue weighted by Crippen LogP contribution is 2.25. The second-order valence-corrected chi connectivity index (χ2v) is 5.01. The van der Waals surface area contributed by atoms with Gasteiger partial charge in [0.15, 0.2) is 0 Å². The number of carbonyl (C=O) groups is 1. The highest BCUT2D eigenvalue weighted by Gasteiger charge is 2.10. The fourth-order valence-electron chi connectivity index (χ4n) is 1.93. The van der Waals surface area contributed by atoms with Gasteiger partial charge in [0, 0.05) is 17.1 Å². The third kappa shape index (κ3) is 3.11. The van der Waals surface area contributed by atoms with Crippen LogP contribution in [0.1, 0.15) is 27.0 Å². The molecular weight excluding hydrogens is 274 g/mol. The third-order valence-electron chi connectivity index (χ3n) is 3.13. The van der Waals surface area contributed by atoms with E-state index in [0.29, 0.717) is 17.1 Å². The molecule has 0 aliphatic carbocycles. The molecule has 0 atom stereocenters. The van der Waals surface area contributed by atoms with Crippen molar-refractivity contribution >= 4 is 23.2 Å². The summed E-state index contributed by atoms with van der Waals surface area (Å²) < 4.78 is 0. The Morgan fingerprint density at radius 2 is 1.95 bits per heavy atom. The molecule has 0 bridgehead atoms. The van der Waals surface area contributed by atoms with Gasteiger partial charge in [-0.3, -0.25) is 4.79 Å². The quantitative estimate of drug-likeness (QED) is 0.663. The number of rotatable bonds is 3. The number of hydrogen-bond donors (Lipinski definition) is 2. The van der Waals surface area contributed by atoms with Crippen LogP contribution in [0.15, 0.2) is 36.4 Å². The zero-order chi connectivity index (χ0) is 14.7. The number of carbonyl (C=O) groups excluding carboxylic acids is 1. The molecule has 0 fully saturated rings. The van der Waals surface area contributed by atoms with Crippen molar-refractivity contribution in [2.75, 3.05) is 5.32 Å². The number of hydrogen-bond acceptors (Lipinski definition) is 2. The van der Waals surface area contributed by atoms with Gasteiger partial charge >= 0.3 is 0 Å². The SMILES string of the molecule is Cc1cc(NC(=O)c2cccc(CCl)c2)c(C)cc1O. The van der Waals surface area contributed by atoms with E-state index in [0.717, 1.165) is 16.7 Å². The molecule has 20 heavy (non-hydrogen) atoms. The van der Waals surface area contributed by atoms with Crippen LogP contribution in [-0.4, -0.2) is 11.0 Å². The number of anilines is 1. The van der Waals surface area contributed by atoms with Crippen molar-refractivity contribution in [3.8, 4) is 5.75 Å². The van der Waals surface area contributed by atoms with Gasteiger partial charge in [-0.15, -0.1) is 11.6 Å². The molecule has 2 aromatic rings. The van der Waals surface area contributed by atoms with Crippen molar-refractivity contribution < 1.29 is 9.90 Å². The summed E-state index contributed by atoms with van der Waals surface area (Å²) in [4.78, 5) is 12.2. The molecule has 3 nitrogen and oxygen atoms in total. The van der Waals surface area contributed by atoms with E-state index in [1.807, 2.05) is 19.1 Å². The minimum Gasteiger partial charge on any atom is -0.508 e. The summed E-state index contributed by atoms with van der Waals surface area (Å²) in [7, 11) is 0. The summed E-state index contributed by atoms with van der Waals surface area (Å²) in [5.41, 5.74) is 3.70. The molecule has 0 saturated carbocycles. The van der Waals surface area contributed by atoms with Gasteiger partial charge in [0.05, 0.1) is 0 Å². The zero-order valence-electron chi connectivity index (χ0n) is 11.4. The summed E-state index contributed by atoms with van der Waals surface area (Å²) in [6, 6.07) is 10.6. The van der Waals surface area contributed by atoms with Crippen LogP contribution in [0.4, 0.5) is 5.69 Å². The summed E-state index contributed by atoms with van der Waals surface area (Å²) in [5, 5.41) is 12.5. The van der Waals surface area contributed by atoms with E-state index in [4.69, 9.17) is 11.6 Å². The minimum atomic E-state index is -0.190. The van der Waals surface area contributed by atoms with Crippen molar-refractivity contribution in [1.29, 1.82) is 0 Å². The first kappa shape index (κ1) is 14.4. The van der Waals surface area contributed by atoms with Crippen LogP contribution in [-0.2, 0) is 5.88 Å². The normalized spacial score (nSPS) is 10.3. The van der Waals surface area contributed by atoms with Crippen LogP contribution in [0.2, 0.25) is 0 Å². The summed E-state index contributed by atoms with van der Waals surface area (Å²) >= 11 is 5.77. The van der Waals surface area contributed by atoms with Crippen LogP contribution in [0, 0.1) is 13.8 Å². The van der Waals surface area contributed by atoms with E-state index >= 15 is 0 Å². The number of phenols is 1. The van der Waals surface area contributed by atoms with Crippen molar-refractivity contribution in [2.24, 2.45) is 0 Å². The molecule has 0 aliphatic rings. The first-order valence-corrected chi connectivity index (χ1v) is 6.81. The molecule has 2 N–H and O–H groups in total. The van der Waals surface area contributed by atoms with Crippen LogP contribution in [0.5, 0.6) is 5.75 Å². The zero-order valence-corrected chi connectivity index (χ0v) is 12.2. The van der Waals surface area contributed by atoms with Crippen molar-refractivity contribution in [3.63, 3.8) is 0 Å². The van der Waals surface area contributed by atoms with E-state index in [1.54, 1.807) is 31.2 Å². The Morgan fingerprint density at radius 3 is 2.65 bits per heavy atom. The predicted octanol–water partition coefficient (Wildman–Crippen LogP) is 4.00. The molecule has 0 spiro atoms. The molecule has 1 amide bonds. The van der Waals surface area contributed by atoms with Crippen LogP contribution in [0.3, 0.4) is 0 Å². The largest absolute Gasteiger partial charge is 0.508 e. The fourth-order valence-corrected chi connectivity index (χ4v) is 2.09. The second kappa shape index (κ2) is 5.97. The molecule has 104 valence electrons. The van der Waals surface area contributed by atoms with Gasteiger partial charge in [0.1, 0.15) is 5.75 Å². The van der Waals surface area contributed by atoms with Crippen molar-refractivity contribution in [3.05, 3.63) is 58.7 Å². The van der Waals surface area contributed by atoms with Gasteiger partial charge in [0.25, 0.3) is 5.91 Å². The Balaban J connectivity index is 2.25. The van der Waals surface area contributed by atoms with Gasteiger partial charge in [-0.25, -0.2) is 0 Å². The predicted molar refractivity (Wildman–Crippen MR) is 81.5 cm³/mol. The highest BCUT2D eigenvalue weighted by atomic mass is 35.5. The lowest BCUT2D eigenvalue weighted by Gasteiger charge is -2.11. The molecule has 0 unspecified atom stereocenters. The number of alkyl halides is 1. The Bertz CT molecular complexity index is 653. The van der Waals surface area contributed by atoms with E-state index < -0.39 is 0 Å². The molecule has 2 aromatic carbocycles. The van der Waals surface area contributed by atoms with E-state index in [2.05, 4.69) is 5.32 Å². The maximum Gasteiger partial charge on any atom is 0.255 e. The molecule has 2 rings (SSSR count). The lowest BCUT2D eigenvalue weighted by atomic mass is 10.1. The molecule has 0 radical (unpaired) electrons. The van der Waals surface area contributed by atoms with E-state index in [1.165, 1.54) is 0 Å². The highest BCUT2D eigenvalue weighted by molar-refractivity contribution is 6.17. The van der Waals surface area contributed by atoms with Gasteiger partial charge in [-0.2, -0.15) is 0 Å². The molecule has 4 heteroatoms. The molecular formula is C16H16ClNO2. The van der Waals surface area contributed by atoms with E-state index in [9.17, 15) is 9.90 Å². The number of amides is 1. The summed E-state index contributed by atoms with van der Waals surface area (Å²) in [6.07, 6.45) is 0. The molecule has 0 aromatic heterocycles. The van der Waals surface area contributed by atoms with Crippen LogP contribution in [0.25, 0.3) is 0 Å². The van der Waals surface area contributed by atoms with Gasteiger partial charge in [-0.05, 0) is 54.8 Å². The number of benzene rings is 2. The Hall–Kier alpha value is -2.00.